The van der Waals surface area contributed by atoms with E-state index in [0.29, 0.717) is 13.2 Å². The Labute approximate surface area is 115 Å². The molecule has 0 aliphatic heterocycles. The van der Waals surface area contributed by atoms with Gasteiger partial charge in [-0.2, -0.15) is 0 Å². The van der Waals surface area contributed by atoms with Gasteiger partial charge >= 0.3 is 0 Å². The maximum Gasteiger partial charge on any atom is 0.123 e. The Balaban J connectivity index is 2.39. The second-order valence-electron chi connectivity index (χ2n) is 5.21. The van der Waals surface area contributed by atoms with Crippen LogP contribution in [0.1, 0.15) is 20.8 Å². The van der Waals surface area contributed by atoms with Gasteiger partial charge in [0.05, 0.1) is 12.7 Å². The Morgan fingerprint density at radius 1 is 1.26 bits per heavy atom. The van der Waals surface area contributed by atoms with Crippen LogP contribution in [0.25, 0.3) is 0 Å². The van der Waals surface area contributed by atoms with E-state index in [4.69, 9.17) is 9.47 Å². The highest BCUT2D eigenvalue weighted by Gasteiger charge is 2.16. The Bertz CT molecular complexity index is 374. The maximum atomic E-state index is 9.80. The molecule has 0 saturated heterocycles. The van der Waals surface area contributed by atoms with Gasteiger partial charge in [0, 0.05) is 19.2 Å². The van der Waals surface area contributed by atoms with Crippen molar-refractivity contribution in [3.63, 3.8) is 0 Å². The number of aliphatic hydroxyl groups is 1. The van der Waals surface area contributed by atoms with Crippen LogP contribution in [0.3, 0.4) is 0 Å². The number of ether oxygens (including phenoxy) is 2. The molecule has 0 saturated carbocycles. The van der Waals surface area contributed by atoms with E-state index in [0.717, 1.165) is 24.6 Å². The van der Waals surface area contributed by atoms with Crippen molar-refractivity contribution < 1.29 is 14.6 Å². The minimum absolute atomic E-state index is 0.594. The summed E-state index contributed by atoms with van der Waals surface area (Å²) in [4.78, 5) is 2.17. The molecule has 1 aromatic carbocycles. The molecule has 19 heavy (non-hydrogen) atoms. The molecule has 0 radical (unpaired) electrons. The Morgan fingerprint density at radius 3 is 2.53 bits per heavy atom. The van der Waals surface area contributed by atoms with Crippen molar-refractivity contribution in [2.75, 3.05) is 33.4 Å². The minimum Gasteiger partial charge on any atom is -0.497 e. The Kier molecular flexibility index (Phi) is 6.12. The molecule has 0 aromatic heterocycles. The fourth-order valence-electron chi connectivity index (χ4n) is 1.88. The second-order valence-corrected chi connectivity index (χ2v) is 5.21. The molecule has 0 bridgehead atoms. The summed E-state index contributed by atoms with van der Waals surface area (Å²) in [5, 5.41) is 9.80. The number of hydrogen-bond donors (Lipinski definition) is 1. The second kappa shape index (κ2) is 7.36. The van der Waals surface area contributed by atoms with Crippen LogP contribution in [0, 0.1) is 0 Å². The molecule has 0 spiro atoms. The number of nitrogens with zero attached hydrogens (tertiary/aromatic N) is 1. The van der Waals surface area contributed by atoms with Gasteiger partial charge in [0.25, 0.3) is 0 Å². The van der Waals surface area contributed by atoms with Crippen LogP contribution >= 0.6 is 0 Å². The number of methoxy groups -OCH3 is 1. The predicted molar refractivity (Wildman–Crippen MR) is 76.9 cm³/mol. The first-order valence-electron chi connectivity index (χ1n) is 6.66. The third-order valence-electron chi connectivity index (χ3n) is 2.78. The molecule has 4 nitrogen and oxygen atoms in total. The van der Waals surface area contributed by atoms with Crippen LogP contribution in [-0.4, -0.2) is 49.0 Å². The van der Waals surface area contributed by atoms with Gasteiger partial charge in [0.15, 0.2) is 0 Å². The molecule has 4 heteroatoms. The highest BCUT2D eigenvalue weighted by atomic mass is 16.5. The SMILES string of the molecule is CCN(CCOc1cccc(OC)c1)CC(C)(C)O. The number of rotatable bonds is 8. The first-order chi connectivity index (χ1) is 8.94. The molecule has 0 aliphatic rings. The van der Waals surface area contributed by atoms with E-state index in [1.54, 1.807) is 7.11 Å². The highest BCUT2D eigenvalue weighted by Crippen LogP contribution is 2.18. The lowest BCUT2D eigenvalue weighted by atomic mass is 10.1. The molecule has 0 heterocycles. The van der Waals surface area contributed by atoms with Gasteiger partial charge in [-0.3, -0.25) is 4.90 Å². The van der Waals surface area contributed by atoms with Crippen LogP contribution in [0.5, 0.6) is 11.5 Å². The fraction of sp³-hybridized carbons (Fsp3) is 0.600. The van der Waals surface area contributed by atoms with Crippen LogP contribution in [0.4, 0.5) is 0 Å². The van der Waals surface area contributed by atoms with Gasteiger partial charge in [-0.1, -0.05) is 13.0 Å². The van der Waals surface area contributed by atoms with Gasteiger partial charge in [-0.15, -0.1) is 0 Å². The van der Waals surface area contributed by atoms with Crippen molar-refractivity contribution in [2.24, 2.45) is 0 Å². The van der Waals surface area contributed by atoms with Crippen molar-refractivity contribution >= 4 is 0 Å². The van der Waals surface area contributed by atoms with Crippen LogP contribution in [0.2, 0.25) is 0 Å². The quantitative estimate of drug-likeness (QED) is 0.784. The topological polar surface area (TPSA) is 41.9 Å². The van der Waals surface area contributed by atoms with Gasteiger partial charge in [-0.05, 0) is 32.5 Å². The molecule has 1 rings (SSSR count). The van der Waals surface area contributed by atoms with Gasteiger partial charge < -0.3 is 14.6 Å². The van der Waals surface area contributed by atoms with Gasteiger partial charge in [0.1, 0.15) is 18.1 Å². The lowest BCUT2D eigenvalue weighted by Crippen LogP contribution is -2.40. The standard InChI is InChI=1S/C15H25NO3/c1-5-16(12-15(2,3)17)9-10-19-14-8-6-7-13(11-14)18-4/h6-8,11,17H,5,9-10,12H2,1-4H3. The predicted octanol–water partition coefficient (Wildman–Crippen LogP) is 2.17. The van der Waals surface area contributed by atoms with Crippen molar-refractivity contribution in [3.05, 3.63) is 24.3 Å². The summed E-state index contributed by atoms with van der Waals surface area (Å²) >= 11 is 0. The summed E-state index contributed by atoms with van der Waals surface area (Å²) in [5.41, 5.74) is -0.675. The zero-order valence-electron chi connectivity index (χ0n) is 12.3. The summed E-state index contributed by atoms with van der Waals surface area (Å²) in [6.07, 6.45) is 0. The normalized spacial score (nSPS) is 11.7. The van der Waals surface area contributed by atoms with E-state index >= 15 is 0 Å². The third-order valence-corrected chi connectivity index (χ3v) is 2.78. The van der Waals surface area contributed by atoms with Crippen molar-refractivity contribution in [2.45, 2.75) is 26.4 Å². The summed E-state index contributed by atoms with van der Waals surface area (Å²) in [5.74, 6) is 1.60. The molecule has 0 fully saturated rings. The van der Waals surface area contributed by atoms with Gasteiger partial charge in [0.2, 0.25) is 0 Å². The largest absolute Gasteiger partial charge is 0.497 e. The van der Waals surface area contributed by atoms with E-state index in [9.17, 15) is 5.11 Å². The van der Waals surface area contributed by atoms with E-state index in [-0.39, 0.29) is 0 Å². The van der Waals surface area contributed by atoms with Crippen LogP contribution < -0.4 is 9.47 Å². The van der Waals surface area contributed by atoms with E-state index < -0.39 is 5.60 Å². The van der Waals surface area contributed by atoms with Crippen LogP contribution in [0.15, 0.2) is 24.3 Å². The van der Waals surface area contributed by atoms with Crippen molar-refractivity contribution in [1.82, 2.24) is 4.90 Å². The van der Waals surface area contributed by atoms with Gasteiger partial charge in [-0.25, -0.2) is 0 Å². The molecule has 108 valence electrons. The molecular weight excluding hydrogens is 242 g/mol. The lowest BCUT2D eigenvalue weighted by Gasteiger charge is -2.27. The molecule has 0 aliphatic carbocycles. The van der Waals surface area contributed by atoms with Crippen molar-refractivity contribution in [1.29, 1.82) is 0 Å². The third kappa shape index (κ3) is 6.45. The monoisotopic (exact) mass is 267 g/mol. The lowest BCUT2D eigenvalue weighted by molar-refractivity contribution is 0.0340. The minimum atomic E-state index is -0.675. The van der Waals surface area contributed by atoms with Crippen molar-refractivity contribution in [3.8, 4) is 11.5 Å². The molecule has 0 unspecified atom stereocenters. The van der Waals surface area contributed by atoms with E-state index in [1.165, 1.54) is 0 Å². The number of benzene rings is 1. The Hall–Kier alpha value is -1.26. The first kappa shape index (κ1) is 15.8. The molecule has 0 atom stereocenters. The first-order valence-corrected chi connectivity index (χ1v) is 6.66. The van der Waals surface area contributed by atoms with Crippen LogP contribution in [-0.2, 0) is 0 Å². The molecule has 1 N–H and O–H groups in total. The Morgan fingerprint density at radius 2 is 1.95 bits per heavy atom. The summed E-state index contributed by atoms with van der Waals surface area (Å²) in [6.45, 7) is 8.64. The zero-order valence-corrected chi connectivity index (χ0v) is 12.3. The van der Waals surface area contributed by atoms with E-state index in [2.05, 4.69) is 11.8 Å². The average Bonchev–Trinajstić information content (AvgIpc) is 2.36. The molecular formula is C15H25NO3. The molecule has 0 amide bonds. The van der Waals surface area contributed by atoms with E-state index in [1.807, 2.05) is 38.1 Å². The highest BCUT2D eigenvalue weighted by molar-refractivity contribution is 5.32. The summed E-state index contributed by atoms with van der Waals surface area (Å²) < 4.78 is 10.8. The summed E-state index contributed by atoms with van der Waals surface area (Å²) in [7, 11) is 1.64. The average molecular weight is 267 g/mol. The smallest absolute Gasteiger partial charge is 0.123 e. The maximum absolute atomic E-state index is 9.80. The fourth-order valence-corrected chi connectivity index (χ4v) is 1.88. The number of hydrogen-bond acceptors (Lipinski definition) is 4. The molecule has 1 aromatic rings. The zero-order chi connectivity index (χ0) is 14.3. The summed E-state index contributed by atoms with van der Waals surface area (Å²) in [6, 6.07) is 7.57. The number of likely N-dealkylation sites (N-methyl/N-ethyl adjacent to an activating group) is 1.